The summed E-state index contributed by atoms with van der Waals surface area (Å²) in [6, 6.07) is 16.7. The number of hydrogen-bond donors (Lipinski definition) is 2. The first-order valence-electron chi connectivity index (χ1n) is 9.21. The van der Waals surface area contributed by atoms with Crippen LogP contribution in [0.3, 0.4) is 0 Å². The lowest BCUT2D eigenvalue weighted by atomic mass is 10.2. The Morgan fingerprint density at radius 3 is 2.09 bits per heavy atom. The van der Waals surface area contributed by atoms with Crippen LogP contribution in [0.15, 0.2) is 76.7 Å². The van der Waals surface area contributed by atoms with Crippen molar-refractivity contribution in [2.45, 2.75) is 4.90 Å². The van der Waals surface area contributed by atoms with E-state index in [1.807, 2.05) is 0 Å². The van der Waals surface area contributed by atoms with Gasteiger partial charge in [0.05, 0.1) is 31.0 Å². The van der Waals surface area contributed by atoms with Crippen LogP contribution in [0.4, 0.5) is 17.1 Å². The van der Waals surface area contributed by atoms with Crippen LogP contribution in [-0.4, -0.2) is 33.8 Å². The maximum absolute atomic E-state index is 13.0. The summed E-state index contributed by atoms with van der Waals surface area (Å²) < 4.78 is 38.5. The SMILES string of the molecule is COc1ccc(C=NNc2ccc([N+](=O)[O-])cc2S(=O)(=O)Nc2ccc(OC)cc2)cc1. The fraction of sp³-hybridized carbons (Fsp3) is 0.0952. The molecule has 0 aromatic heterocycles. The van der Waals surface area contributed by atoms with E-state index in [0.717, 1.165) is 11.6 Å². The zero-order valence-electron chi connectivity index (χ0n) is 17.2. The zero-order chi connectivity index (χ0) is 23.1. The van der Waals surface area contributed by atoms with E-state index in [4.69, 9.17) is 9.47 Å². The predicted molar refractivity (Wildman–Crippen MR) is 121 cm³/mol. The summed E-state index contributed by atoms with van der Waals surface area (Å²) in [7, 11) is -1.12. The molecule has 0 saturated carbocycles. The molecule has 0 bridgehead atoms. The van der Waals surface area contributed by atoms with Crippen LogP contribution < -0.4 is 19.6 Å². The van der Waals surface area contributed by atoms with E-state index in [1.165, 1.54) is 37.6 Å². The Bertz CT molecular complexity index is 1230. The smallest absolute Gasteiger partial charge is 0.270 e. The number of sulfonamides is 1. The number of hydrogen-bond acceptors (Lipinski definition) is 8. The van der Waals surface area contributed by atoms with Gasteiger partial charge in [-0.15, -0.1) is 0 Å². The van der Waals surface area contributed by atoms with E-state index in [1.54, 1.807) is 43.5 Å². The molecule has 0 fully saturated rings. The maximum Gasteiger partial charge on any atom is 0.270 e. The van der Waals surface area contributed by atoms with Crippen molar-refractivity contribution in [1.82, 2.24) is 0 Å². The van der Waals surface area contributed by atoms with Gasteiger partial charge in [0, 0.05) is 17.8 Å². The lowest BCUT2D eigenvalue weighted by Crippen LogP contribution is -2.15. The summed E-state index contributed by atoms with van der Waals surface area (Å²) in [6.07, 6.45) is 1.48. The van der Waals surface area contributed by atoms with Crippen molar-refractivity contribution in [3.05, 3.63) is 82.4 Å². The third kappa shape index (κ3) is 5.52. The van der Waals surface area contributed by atoms with Gasteiger partial charge in [0.25, 0.3) is 15.7 Å². The minimum Gasteiger partial charge on any atom is -0.497 e. The number of nitro benzene ring substituents is 1. The molecule has 0 aliphatic rings. The molecule has 0 heterocycles. The highest BCUT2D eigenvalue weighted by atomic mass is 32.2. The van der Waals surface area contributed by atoms with Gasteiger partial charge < -0.3 is 9.47 Å². The van der Waals surface area contributed by atoms with Gasteiger partial charge in [-0.3, -0.25) is 20.3 Å². The van der Waals surface area contributed by atoms with Crippen molar-refractivity contribution in [3.8, 4) is 11.5 Å². The van der Waals surface area contributed by atoms with Gasteiger partial charge in [-0.1, -0.05) is 0 Å². The van der Waals surface area contributed by atoms with Gasteiger partial charge >= 0.3 is 0 Å². The second kappa shape index (κ2) is 9.79. The molecule has 10 nitrogen and oxygen atoms in total. The largest absolute Gasteiger partial charge is 0.497 e. The molecule has 0 spiro atoms. The Morgan fingerprint density at radius 2 is 1.53 bits per heavy atom. The zero-order valence-corrected chi connectivity index (χ0v) is 18.0. The standard InChI is InChI=1S/C21H20N4O6S/c1-30-18-8-3-15(4-9-18)14-22-23-20-12-7-17(25(26)27)13-21(20)32(28,29)24-16-5-10-19(31-2)11-6-16/h3-14,23-24H,1-2H3. The van der Waals surface area contributed by atoms with Gasteiger partial charge in [-0.2, -0.15) is 5.10 Å². The Hall–Kier alpha value is -4.12. The molecule has 166 valence electrons. The fourth-order valence-corrected chi connectivity index (χ4v) is 3.91. The molecule has 0 aliphatic carbocycles. The molecular formula is C21H20N4O6S. The number of nitrogens with zero attached hydrogens (tertiary/aromatic N) is 2. The van der Waals surface area contributed by atoms with E-state index < -0.39 is 14.9 Å². The Balaban J connectivity index is 1.88. The van der Waals surface area contributed by atoms with Crippen molar-refractivity contribution >= 4 is 33.3 Å². The van der Waals surface area contributed by atoms with Crippen molar-refractivity contribution in [1.29, 1.82) is 0 Å². The maximum atomic E-state index is 13.0. The van der Waals surface area contributed by atoms with E-state index in [2.05, 4.69) is 15.2 Å². The first-order valence-corrected chi connectivity index (χ1v) is 10.7. The van der Waals surface area contributed by atoms with Crippen LogP contribution in [0.25, 0.3) is 0 Å². The molecule has 32 heavy (non-hydrogen) atoms. The third-order valence-corrected chi connectivity index (χ3v) is 5.74. The first-order chi connectivity index (χ1) is 15.3. The van der Waals surface area contributed by atoms with Gasteiger partial charge in [0.1, 0.15) is 16.4 Å². The van der Waals surface area contributed by atoms with Gasteiger partial charge in [0.2, 0.25) is 0 Å². The van der Waals surface area contributed by atoms with E-state index in [9.17, 15) is 18.5 Å². The predicted octanol–water partition coefficient (Wildman–Crippen LogP) is 3.86. The summed E-state index contributed by atoms with van der Waals surface area (Å²) in [5.41, 5.74) is 3.35. The number of hydrazone groups is 1. The van der Waals surface area contributed by atoms with E-state index >= 15 is 0 Å². The minimum atomic E-state index is -4.17. The highest BCUT2D eigenvalue weighted by Gasteiger charge is 2.22. The lowest BCUT2D eigenvalue weighted by molar-refractivity contribution is -0.385. The summed E-state index contributed by atoms with van der Waals surface area (Å²) in [5.74, 6) is 1.24. The molecule has 0 unspecified atom stereocenters. The summed E-state index contributed by atoms with van der Waals surface area (Å²) in [6.45, 7) is 0. The molecule has 3 aromatic rings. The molecule has 0 radical (unpaired) electrons. The van der Waals surface area contributed by atoms with Crippen molar-refractivity contribution in [2.24, 2.45) is 5.10 Å². The molecule has 0 saturated heterocycles. The van der Waals surface area contributed by atoms with Crippen LogP contribution in [-0.2, 0) is 10.0 Å². The quantitative estimate of drug-likeness (QED) is 0.284. The molecule has 11 heteroatoms. The second-order valence-corrected chi connectivity index (χ2v) is 8.07. The average Bonchev–Trinajstić information content (AvgIpc) is 2.79. The van der Waals surface area contributed by atoms with Crippen LogP contribution in [0.5, 0.6) is 11.5 Å². The van der Waals surface area contributed by atoms with E-state index in [0.29, 0.717) is 11.5 Å². The second-order valence-electron chi connectivity index (χ2n) is 6.41. The van der Waals surface area contributed by atoms with Crippen molar-refractivity contribution < 1.29 is 22.8 Å². The number of nitrogens with one attached hydrogen (secondary N) is 2. The number of benzene rings is 3. The molecular weight excluding hydrogens is 436 g/mol. The number of rotatable bonds is 9. The molecule has 0 atom stereocenters. The number of methoxy groups -OCH3 is 2. The number of ether oxygens (including phenoxy) is 2. The minimum absolute atomic E-state index is 0.0707. The number of non-ortho nitro benzene ring substituents is 1. The number of nitro groups is 1. The van der Waals surface area contributed by atoms with Crippen molar-refractivity contribution in [2.75, 3.05) is 24.4 Å². The summed E-state index contributed by atoms with van der Waals surface area (Å²) in [5, 5.41) is 15.2. The summed E-state index contributed by atoms with van der Waals surface area (Å²) >= 11 is 0. The van der Waals surface area contributed by atoms with Gasteiger partial charge in [-0.05, 0) is 60.2 Å². The van der Waals surface area contributed by atoms with E-state index in [-0.39, 0.29) is 22.0 Å². The highest BCUT2D eigenvalue weighted by molar-refractivity contribution is 7.92. The van der Waals surface area contributed by atoms with Crippen LogP contribution >= 0.6 is 0 Å². The first kappa shape index (κ1) is 22.6. The molecule has 0 amide bonds. The topological polar surface area (TPSA) is 132 Å². The third-order valence-electron chi connectivity index (χ3n) is 4.32. The monoisotopic (exact) mass is 456 g/mol. The fourth-order valence-electron chi connectivity index (χ4n) is 2.67. The highest BCUT2D eigenvalue weighted by Crippen LogP contribution is 2.29. The van der Waals surface area contributed by atoms with Gasteiger partial charge in [0.15, 0.2) is 0 Å². The number of anilines is 2. The van der Waals surface area contributed by atoms with Crippen LogP contribution in [0.2, 0.25) is 0 Å². The molecule has 2 N–H and O–H groups in total. The molecule has 3 rings (SSSR count). The van der Waals surface area contributed by atoms with Gasteiger partial charge in [-0.25, -0.2) is 8.42 Å². The Morgan fingerprint density at radius 1 is 0.938 bits per heavy atom. The van der Waals surface area contributed by atoms with Crippen LogP contribution in [0, 0.1) is 10.1 Å². The lowest BCUT2D eigenvalue weighted by Gasteiger charge is -2.12. The average molecular weight is 456 g/mol. The molecule has 0 aliphatic heterocycles. The summed E-state index contributed by atoms with van der Waals surface area (Å²) in [4.78, 5) is 10.2. The van der Waals surface area contributed by atoms with Crippen LogP contribution in [0.1, 0.15) is 5.56 Å². The molecule has 3 aromatic carbocycles. The van der Waals surface area contributed by atoms with Crippen molar-refractivity contribution in [3.63, 3.8) is 0 Å². The normalized spacial score (nSPS) is 11.2. The Kier molecular flexibility index (Phi) is 6.90. The Labute approximate surface area is 184 Å².